The summed E-state index contributed by atoms with van der Waals surface area (Å²) in [6.45, 7) is 0.428. The Morgan fingerprint density at radius 2 is 1.75 bits per heavy atom. The van der Waals surface area contributed by atoms with E-state index in [9.17, 15) is 9.59 Å². The summed E-state index contributed by atoms with van der Waals surface area (Å²) in [5, 5.41) is 5.54. The number of aliphatic imine (C=N–C) groups is 1. The molecule has 8 heteroatoms. The molecule has 1 aromatic carbocycles. The first kappa shape index (κ1) is 17.6. The minimum atomic E-state index is -0.570. The summed E-state index contributed by atoms with van der Waals surface area (Å²) in [6, 6.07) is 6.28. The van der Waals surface area contributed by atoms with Crippen LogP contribution in [0.15, 0.2) is 29.3 Å². The number of piperazine rings is 1. The molecule has 0 saturated carbocycles. The third-order valence-corrected chi connectivity index (χ3v) is 3.81. The van der Waals surface area contributed by atoms with Crippen molar-refractivity contribution >= 4 is 17.8 Å². The van der Waals surface area contributed by atoms with Gasteiger partial charge in [-0.15, -0.1) is 0 Å². The molecule has 2 amide bonds. The van der Waals surface area contributed by atoms with Crippen LogP contribution in [0.5, 0.6) is 5.75 Å². The summed E-state index contributed by atoms with van der Waals surface area (Å²) in [6.07, 6.45) is 1.53. The second kappa shape index (κ2) is 8.19. The highest BCUT2D eigenvalue weighted by atomic mass is 16.5. The highest BCUT2D eigenvalue weighted by molar-refractivity contribution is 5.97. The largest absolute Gasteiger partial charge is 0.497 e. The highest BCUT2D eigenvalue weighted by Crippen LogP contribution is 2.14. The maximum absolute atomic E-state index is 12.2. The lowest BCUT2D eigenvalue weighted by molar-refractivity contribution is -0.136. The Bertz CT molecular complexity index is 611. The van der Waals surface area contributed by atoms with Gasteiger partial charge >= 0.3 is 0 Å². The van der Waals surface area contributed by atoms with Gasteiger partial charge in [-0.3, -0.25) is 14.6 Å². The lowest BCUT2D eigenvalue weighted by atomic mass is 10.00. The Balaban J connectivity index is 1.86. The normalized spacial score (nSPS) is 20.0. The molecule has 0 aliphatic carbocycles. The molecule has 0 radical (unpaired) electrons. The van der Waals surface area contributed by atoms with Crippen molar-refractivity contribution in [3.05, 3.63) is 29.8 Å². The fraction of sp³-hybridized carbons (Fsp3) is 0.438. The van der Waals surface area contributed by atoms with Gasteiger partial charge in [-0.1, -0.05) is 12.1 Å². The molecule has 24 heavy (non-hydrogen) atoms. The molecule has 130 valence electrons. The summed E-state index contributed by atoms with van der Waals surface area (Å²) < 4.78 is 5.10. The number of nitrogens with zero attached hydrogens (tertiary/aromatic N) is 1. The number of ether oxygens (including phenoxy) is 1. The van der Waals surface area contributed by atoms with Crippen LogP contribution in [0.25, 0.3) is 0 Å². The summed E-state index contributed by atoms with van der Waals surface area (Å²) in [7, 11) is 1.59. The Morgan fingerprint density at radius 3 is 2.38 bits per heavy atom. The molecule has 0 spiro atoms. The number of carbonyl (C=O) groups excluding carboxylic acids is 2. The van der Waals surface area contributed by atoms with Crippen molar-refractivity contribution in [1.29, 1.82) is 0 Å². The molecule has 0 bridgehead atoms. The Labute approximate surface area is 140 Å². The first-order chi connectivity index (χ1) is 11.5. The molecule has 2 atom stereocenters. The lowest BCUT2D eigenvalue weighted by Crippen LogP contribution is -2.62. The minimum Gasteiger partial charge on any atom is -0.497 e. The van der Waals surface area contributed by atoms with E-state index in [-0.39, 0.29) is 17.8 Å². The van der Waals surface area contributed by atoms with Crippen molar-refractivity contribution in [2.75, 3.05) is 13.7 Å². The monoisotopic (exact) mass is 333 g/mol. The quantitative estimate of drug-likeness (QED) is 0.297. The molecule has 0 aromatic heterocycles. The molecular formula is C16H23N5O3. The van der Waals surface area contributed by atoms with Crippen LogP contribution in [0.1, 0.15) is 18.4 Å². The molecule has 0 unspecified atom stereocenters. The smallest absolute Gasteiger partial charge is 0.243 e. The number of methoxy groups -OCH3 is 1. The van der Waals surface area contributed by atoms with Gasteiger partial charge in [0.2, 0.25) is 11.8 Å². The molecule has 1 aliphatic heterocycles. The predicted molar refractivity (Wildman–Crippen MR) is 90.5 cm³/mol. The van der Waals surface area contributed by atoms with E-state index in [1.807, 2.05) is 24.3 Å². The predicted octanol–water partition coefficient (Wildman–Crippen LogP) is -0.725. The first-order valence-electron chi connectivity index (χ1n) is 7.78. The number of hydrogen-bond acceptors (Lipinski definition) is 4. The molecule has 1 aromatic rings. The maximum Gasteiger partial charge on any atom is 0.243 e. The van der Waals surface area contributed by atoms with Gasteiger partial charge in [-0.2, -0.15) is 0 Å². The molecule has 1 fully saturated rings. The average Bonchev–Trinajstić information content (AvgIpc) is 2.56. The van der Waals surface area contributed by atoms with E-state index in [0.717, 1.165) is 11.3 Å². The standard InChI is InChI=1S/C16H23N5O3/c1-24-11-6-4-10(5-7-11)9-13-15(23)20-12(14(22)21-13)3-2-8-19-16(17)18/h4-7,12-13H,2-3,8-9H2,1H3,(H,20,23)(H,21,22)(H4,17,18,19)/t12-,13-/m0/s1. The number of amides is 2. The van der Waals surface area contributed by atoms with E-state index in [2.05, 4.69) is 15.6 Å². The van der Waals surface area contributed by atoms with Crippen molar-refractivity contribution in [3.8, 4) is 5.75 Å². The van der Waals surface area contributed by atoms with Crippen molar-refractivity contribution < 1.29 is 14.3 Å². The van der Waals surface area contributed by atoms with Crippen molar-refractivity contribution in [3.63, 3.8) is 0 Å². The Hall–Kier alpha value is -2.77. The molecular weight excluding hydrogens is 310 g/mol. The van der Waals surface area contributed by atoms with Crippen LogP contribution in [0, 0.1) is 0 Å². The number of hydrogen-bond donors (Lipinski definition) is 4. The summed E-state index contributed by atoms with van der Waals surface area (Å²) >= 11 is 0. The highest BCUT2D eigenvalue weighted by Gasteiger charge is 2.33. The van der Waals surface area contributed by atoms with E-state index < -0.39 is 12.1 Å². The van der Waals surface area contributed by atoms with Crippen LogP contribution in [-0.2, 0) is 16.0 Å². The number of guanidine groups is 1. The SMILES string of the molecule is COc1ccc(C[C@@H]2NC(=O)[C@H](CCCN=C(N)N)NC2=O)cc1. The van der Waals surface area contributed by atoms with Gasteiger partial charge in [-0.05, 0) is 30.5 Å². The number of benzene rings is 1. The van der Waals surface area contributed by atoms with E-state index in [1.165, 1.54) is 0 Å². The summed E-state index contributed by atoms with van der Waals surface area (Å²) in [4.78, 5) is 28.2. The third-order valence-electron chi connectivity index (χ3n) is 3.81. The van der Waals surface area contributed by atoms with Crippen LogP contribution in [0.3, 0.4) is 0 Å². The van der Waals surface area contributed by atoms with Crippen molar-refractivity contribution in [1.82, 2.24) is 10.6 Å². The van der Waals surface area contributed by atoms with Gasteiger partial charge in [0.15, 0.2) is 5.96 Å². The van der Waals surface area contributed by atoms with Crippen LogP contribution >= 0.6 is 0 Å². The molecule has 1 saturated heterocycles. The zero-order valence-electron chi connectivity index (χ0n) is 13.6. The van der Waals surface area contributed by atoms with Crippen LogP contribution in [0.4, 0.5) is 0 Å². The Kier molecular flexibility index (Phi) is 6.00. The van der Waals surface area contributed by atoms with E-state index in [4.69, 9.17) is 16.2 Å². The fourth-order valence-corrected chi connectivity index (χ4v) is 2.52. The average molecular weight is 333 g/mol. The lowest BCUT2D eigenvalue weighted by Gasteiger charge is -2.29. The van der Waals surface area contributed by atoms with E-state index in [0.29, 0.717) is 25.8 Å². The second-order valence-corrected chi connectivity index (χ2v) is 5.62. The third kappa shape index (κ3) is 4.87. The van der Waals surface area contributed by atoms with Gasteiger partial charge in [-0.25, -0.2) is 0 Å². The van der Waals surface area contributed by atoms with Gasteiger partial charge in [0, 0.05) is 13.0 Å². The van der Waals surface area contributed by atoms with Crippen LogP contribution < -0.4 is 26.8 Å². The topological polar surface area (TPSA) is 132 Å². The molecule has 2 rings (SSSR count). The van der Waals surface area contributed by atoms with E-state index in [1.54, 1.807) is 7.11 Å². The number of nitrogens with two attached hydrogens (primary N) is 2. The Morgan fingerprint density at radius 1 is 1.12 bits per heavy atom. The second-order valence-electron chi connectivity index (χ2n) is 5.62. The zero-order valence-corrected chi connectivity index (χ0v) is 13.6. The minimum absolute atomic E-state index is 0.0201. The summed E-state index contributed by atoms with van der Waals surface area (Å²) in [5.41, 5.74) is 11.4. The van der Waals surface area contributed by atoms with Crippen molar-refractivity contribution in [2.45, 2.75) is 31.3 Å². The van der Waals surface area contributed by atoms with Gasteiger partial charge in [0.05, 0.1) is 7.11 Å². The molecule has 8 nitrogen and oxygen atoms in total. The molecule has 1 heterocycles. The maximum atomic E-state index is 12.2. The number of carbonyl (C=O) groups is 2. The van der Waals surface area contributed by atoms with E-state index >= 15 is 0 Å². The van der Waals surface area contributed by atoms with Crippen LogP contribution in [-0.4, -0.2) is 43.5 Å². The van der Waals surface area contributed by atoms with Gasteiger partial charge in [0.1, 0.15) is 17.8 Å². The summed E-state index contributed by atoms with van der Waals surface area (Å²) in [5.74, 6) is 0.401. The van der Waals surface area contributed by atoms with Gasteiger partial charge < -0.3 is 26.8 Å². The zero-order chi connectivity index (χ0) is 17.5. The first-order valence-corrected chi connectivity index (χ1v) is 7.78. The van der Waals surface area contributed by atoms with Crippen molar-refractivity contribution in [2.24, 2.45) is 16.5 Å². The fourth-order valence-electron chi connectivity index (χ4n) is 2.52. The van der Waals surface area contributed by atoms with Gasteiger partial charge in [0.25, 0.3) is 0 Å². The number of nitrogens with one attached hydrogen (secondary N) is 2. The molecule has 6 N–H and O–H groups in total. The molecule has 1 aliphatic rings. The van der Waals surface area contributed by atoms with Crippen LogP contribution in [0.2, 0.25) is 0 Å². The number of rotatable bonds is 7.